The molecule has 1 aliphatic heterocycles. The summed E-state index contributed by atoms with van der Waals surface area (Å²) in [6.45, 7) is 1.77. The zero-order valence-corrected chi connectivity index (χ0v) is 14.2. The third kappa shape index (κ3) is 5.45. The van der Waals surface area contributed by atoms with Crippen LogP contribution in [0.15, 0.2) is 45.0 Å². The first-order valence-corrected chi connectivity index (χ1v) is 7.94. The third-order valence-corrected chi connectivity index (χ3v) is 3.74. The molecule has 0 saturated carbocycles. The van der Waals surface area contributed by atoms with Crippen molar-refractivity contribution in [3.05, 3.63) is 40.4 Å². The average molecular weight is 377 g/mol. The average Bonchev–Trinajstić information content (AvgIpc) is 2.85. The smallest absolute Gasteiger partial charge is 0.248 e. The largest absolute Gasteiger partial charge is 0.273 e. The Morgan fingerprint density at radius 1 is 1.43 bits per heavy atom. The summed E-state index contributed by atoms with van der Waals surface area (Å²) in [6, 6.07) is 9.75. The highest BCUT2D eigenvalue weighted by Crippen LogP contribution is 2.13. The normalized spacial score (nSPS) is 18.0. The first-order chi connectivity index (χ1) is 11.1. The Morgan fingerprint density at radius 2 is 2.17 bits per heavy atom. The van der Waals surface area contributed by atoms with Gasteiger partial charge in [-0.1, -0.05) is 30.3 Å². The van der Waals surface area contributed by atoms with Crippen molar-refractivity contribution >= 4 is 45.7 Å². The third-order valence-electron chi connectivity index (χ3n) is 3.30. The van der Waals surface area contributed by atoms with Crippen LogP contribution >= 0.6 is 15.9 Å². The molecule has 23 heavy (non-hydrogen) atoms. The number of hydrogen-bond acceptors (Lipinski definition) is 4. The predicted molar refractivity (Wildman–Crippen MR) is 94.0 cm³/mol. The van der Waals surface area contributed by atoms with Gasteiger partial charge in [0.05, 0.1) is 12.1 Å². The Bertz CT molecular complexity index is 668. The predicted octanol–water partition coefficient (Wildman–Crippen LogP) is 2.43. The first kappa shape index (κ1) is 17.1. The van der Waals surface area contributed by atoms with Crippen LogP contribution in [-0.4, -0.2) is 23.7 Å². The Balaban J connectivity index is 1.77. The van der Waals surface area contributed by atoms with Crippen LogP contribution in [0.2, 0.25) is 0 Å². The van der Waals surface area contributed by atoms with E-state index in [0.29, 0.717) is 12.1 Å². The SMILES string of the molecule is CC1=NNC(=O)[C@H]1CCC(=O)N/N=C\C(Br)=C\c1ccccc1. The Labute approximate surface area is 142 Å². The van der Waals surface area contributed by atoms with E-state index >= 15 is 0 Å². The minimum atomic E-state index is -0.325. The van der Waals surface area contributed by atoms with E-state index in [1.807, 2.05) is 36.4 Å². The molecule has 1 aromatic rings. The number of nitrogens with one attached hydrogen (secondary N) is 2. The number of halogens is 1. The van der Waals surface area contributed by atoms with Gasteiger partial charge in [-0.2, -0.15) is 10.2 Å². The Morgan fingerprint density at radius 3 is 2.83 bits per heavy atom. The lowest BCUT2D eigenvalue weighted by Crippen LogP contribution is -2.25. The van der Waals surface area contributed by atoms with Gasteiger partial charge in [-0.3, -0.25) is 9.59 Å². The van der Waals surface area contributed by atoms with Gasteiger partial charge < -0.3 is 0 Å². The lowest BCUT2D eigenvalue weighted by Gasteiger charge is -2.06. The van der Waals surface area contributed by atoms with Gasteiger partial charge in [0.25, 0.3) is 0 Å². The van der Waals surface area contributed by atoms with Crippen molar-refractivity contribution in [1.29, 1.82) is 0 Å². The van der Waals surface area contributed by atoms with E-state index in [0.717, 1.165) is 10.0 Å². The molecule has 2 N–H and O–H groups in total. The number of benzene rings is 1. The molecule has 1 aliphatic rings. The van der Waals surface area contributed by atoms with E-state index in [2.05, 4.69) is 37.0 Å². The standard InChI is InChI=1S/C16H17BrN4O2/c1-11-14(16(23)21-19-11)7-8-15(22)20-18-10-13(17)9-12-5-3-2-4-6-12/h2-6,9-10,14H,7-8H2,1H3,(H,20,22)(H,21,23)/b13-9-,18-10-/t14-/m0/s1. The highest BCUT2D eigenvalue weighted by atomic mass is 79.9. The number of rotatable bonds is 6. The molecule has 0 saturated heterocycles. The summed E-state index contributed by atoms with van der Waals surface area (Å²) in [6.07, 6.45) is 4.03. The topological polar surface area (TPSA) is 82.9 Å². The molecule has 0 spiro atoms. The highest BCUT2D eigenvalue weighted by Gasteiger charge is 2.26. The summed E-state index contributed by atoms with van der Waals surface area (Å²) in [5, 5.41) is 7.72. The number of amides is 2. The molecule has 6 nitrogen and oxygen atoms in total. The number of hydrazone groups is 2. The van der Waals surface area contributed by atoms with Gasteiger partial charge in [0.2, 0.25) is 11.8 Å². The molecule has 2 rings (SSSR count). The molecular weight excluding hydrogens is 360 g/mol. The summed E-state index contributed by atoms with van der Waals surface area (Å²) in [7, 11) is 0. The lowest BCUT2D eigenvalue weighted by atomic mass is 9.99. The highest BCUT2D eigenvalue weighted by molar-refractivity contribution is 9.12. The fourth-order valence-electron chi connectivity index (χ4n) is 2.07. The van der Waals surface area contributed by atoms with Crippen LogP contribution in [0.5, 0.6) is 0 Å². The minimum Gasteiger partial charge on any atom is -0.273 e. The molecule has 0 radical (unpaired) electrons. The quantitative estimate of drug-likeness (QED) is 0.590. The molecule has 2 amide bonds. The molecule has 1 atom stereocenters. The Hall–Kier alpha value is -2.28. The van der Waals surface area contributed by atoms with Crippen LogP contribution in [0.1, 0.15) is 25.3 Å². The molecule has 0 fully saturated rings. The van der Waals surface area contributed by atoms with E-state index < -0.39 is 0 Å². The lowest BCUT2D eigenvalue weighted by molar-refractivity contribution is -0.123. The van der Waals surface area contributed by atoms with E-state index in [1.54, 1.807) is 6.92 Å². The van der Waals surface area contributed by atoms with Crippen LogP contribution in [0.25, 0.3) is 6.08 Å². The van der Waals surface area contributed by atoms with Crippen LogP contribution in [0.4, 0.5) is 0 Å². The van der Waals surface area contributed by atoms with Gasteiger partial charge >= 0.3 is 0 Å². The first-order valence-electron chi connectivity index (χ1n) is 7.14. The molecule has 120 valence electrons. The van der Waals surface area contributed by atoms with Crippen LogP contribution < -0.4 is 10.9 Å². The Kier molecular flexibility index (Phi) is 6.22. The number of carbonyl (C=O) groups excluding carboxylic acids is 2. The maximum atomic E-state index is 11.7. The van der Waals surface area contributed by atoms with Gasteiger partial charge in [0.15, 0.2) is 0 Å². The van der Waals surface area contributed by atoms with Gasteiger partial charge in [-0.05, 0) is 40.9 Å². The summed E-state index contributed by atoms with van der Waals surface area (Å²) < 4.78 is 0.738. The number of nitrogens with zero attached hydrogens (tertiary/aromatic N) is 2. The van der Waals surface area contributed by atoms with Gasteiger partial charge in [0, 0.05) is 16.6 Å². The van der Waals surface area contributed by atoms with E-state index in [9.17, 15) is 9.59 Å². The summed E-state index contributed by atoms with van der Waals surface area (Å²) in [4.78, 5) is 23.2. The molecule has 1 aromatic carbocycles. The molecule has 0 aliphatic carbocycles. The molecule has 7 heteroatoms. The van der Waals surface area contributed by atoms with Crippen molar-refractivity contribution < 1.29 is 9.59 Å². The molecular formula is C16H17BrN4O2. The fourth-order valence-corrected chi connectivity index (χ4v) is 2.44. The zero-order chi connectivity index (χ0) is 16.7. The van der Waals surface area contributed by atoms with Gasteiger partial charge in [-0.15, -0.1) is 0 Å². The van der Waals surface area contributed by atoms with E-state index in [1.165, 1.54) is 6.21 Å². The second-order valence-electron chi connectivity index (χ2n) is 5.05. The summed E-state index contributed by atoms with van der Waals surface area (Å²) in [5.41, 5.74) is 6.57. The van der Waals surface area contributed by atoms with Crippen LogP contribution in [0, 0.1) is 5.92 Å². The van der Waals surface area contributed by atoms with Gasteiger partial charge in [0.1, 0.15) is 0 Å². The summed E-state index contributed by atoms with van der Waals surface area (Å²) >= 11 is 3.37. The maximum absolute atomic E-state index is 11.7. The van der Waals surface area contributed by atoms with Crippen molar-refractivity contribution in [3.8, 4) is 0 Å². The number of hydrogen-bond donors (Lipinski definition) is 2. The second kappa shape index (κ2) is 8.38. The fraction of sp³-hybridized carbons (Fsp3) is 0.250. The van der Waals surface area contributed by atoms with Crippen molar-refractivity contribution in [2.45, 2.75) is 19.8 Å². The number of carbonyl (C=O) groups is 2. The van der Waals surface area contributed by atoms with E-state index in [-0.39, 0.29) is 24.2 Å². The molecule has 0 bridgehead atoms. The second-order valence-corrected chi connectivity index (χ2v) is 5.97. The van der Waals surface area contributed by atoms with Gasteiger partial charge in [-0.25, -0.2) is 10.9 Å². The van der Waals surface area contributed by atoms with Crippen LogP contribution in [0.3, 0.4) is 0 Å². The molecule has 0 aromatic heterocycles. The molecule has 1 heterocycles. The monoisotopic (exact) mass is 376 g/mol. The van der Waals surface area contributed by atoms with Crippen molar-refractivity contribution in [3.63, 3.8) is 0 Å². The zero-order valence-electron chi connectivity index (χ0n) is 12.6. The van der Waals surface area contributed by atoms with Crippen molar-refractivity contribution in [2.24, 2.45) is 16.1 Å². The van der Waals surface area contributed by atoms with E-state index in [4.69, 9.17) is 0 Å². The summed E-state index contributed by atoms with van der Waals surface area (Å²) in [5.74, 6) is -0.726. The van der Waals surface area contributed by atoms with Crippen LogP contribution in [-0.2, 0) is 9.59 Å². The maximum Gasteiger partial charge on any atom is 0.248 e. The number of allylic oxidation sites excluding steroid dienone is 1. The van der Waals surface area contributed by atoms with Crippen molar-refractivity contribution in [1.82, 2.24) is 10.9 Å². The van der Waals surface area contributed by atoms with Crippen molar-refractivity contribution in [2.75, 3.05) is 0 Å². The minimum absolute atomic E-state index is 0.160. The molecule has 0 unspecified atom stereocenters.